The summed E-state index contributed by atoms with van der Waals surface area (Å²) in [4.78, 5) is 0. The van der Waals surface area contributed by atoms with E-state index in [1.54, 1.807) is 7.11 Å². The van der Waals surface area contributed by atoms with Crippen LogP contribution < -0.4 is 15.2 Å². The summed E-state index contributed by atoms with van der Waals surface area (Å²) in [6.07, 6.45) is 0.708. The molecule has 0 aliphatic heterocycles. The summed E-state index contributed by atoms with van der Waals surface area (Å²) in [7, 11) is 1.59. The van der Waals surface area contributed by atoms with Crippen molar-refractivity contribution in [1.82, 2.24) is 10.2 Å². The number of nitrogens with two attached hydrogens (primary N) is 1. The summed E-state index contributed by atoms with van der Waals surface area (Å²) in [6, 6.07) is 5.55. The van der Waals surface area contributed by atoms with Crippen molar-refractivity contribution in [2.75, 3.05) is 7.11 Å². The van der Waals surface area contributed by atoms with Crippen molar-refractivity contribution in [2.24, 2.45) is 5.73 Å². The van der Waals surface area contributed by atoms with Gasteiger partial charge in [0.05, 0.1) is 7.11 Å². The van der Waals surface area contributed by atoms with Crippen molar-refractivity contribution < 1.29 is 13.9 Å². The molecular weight excluding hydrogens is 258 g/mol. The van der Waals surface area contributed by atoms with Crippen molar-refractivity contribution in [3.63, 3.8) is 0 Å². The van der Waals surface area contributed by atoms with E-state index < -0.39 is 0 Å². The van der Waals surface area contributed by atoms with Gasteiger partial charge in [0.15, 0.2) is 18.1 Å². The fraction of sp³-hybridized carbons (Fsp3) is 0.429. The maximum absolute atomic E-state index is 5.84. The molecule has 0 radical (unpaired) electrons. The number of ether oxygens (including phenoxy) is 2. The van der Waals surface area contributed by atoms with Crippen LogP contribution in [0.3, 0.4) is 0 Å². The summed E-state index contributed by atoms with van der Waals surface area (Å²) in [5, 5.41) is 7.78. The Bertz CT molecular complexity index is 567. The number of hydrogen-bond acceptors (Lipinski definition) is 6. The molecule has 1 atom stereocenters. The molecule has 0 fully saturated rings. The fourth-order valence-electron chi connectivity index (χ4n) is 1.72. The highest BCUT2D eigenvalue weighted by atomic mass is 16.5. The molecule has 0 aliphatic rings. The van der Waals surface area contributed by atoms with Crippen molar-refractivity contribution in [1.29, 1.82) is 0 Å². The van der Waals surface area contributed by atoms with Gasteiger partial charge in [-0.1, -0.05) is 13.0 Å². The zero-order valence-electron chi connectivity index (χ0n) is 11.9. The first kappa shape index (κ1) is 14.3. The second-order valence-electron chi connectivity index (χ2n) is 4.43. The van der Waals surface area contributed by atoms with Crippen LogP contribution in [0, 0.1) is 0 Å². The van der Waals surface area contributed by atoms with E-state index in [0.717, 1.165) is 5.56 Å². The van der Waals surface area contributed by atoms with Crippen LogP contribution in [0.5, 0.6) is 11.5 Å². The second-order valence-corrected chi connectivity index (χ2v) is 4.43. The largest absolute Gasteiger partial charge is 0.493 e. The minimum atomic E-state index is -0.0546. The van der Waals surface area contributed by atoms with Crippen molar-refractivity contribution in [2.45, 2.75) is 32.9 Å². The highest BCUT2D eigenvalue weighted by Gasteiger charge is 2.10. The average molecular weight is 277 g/mol. The molecule has 0 bridgehead atoms. The van der Waals surface area contributed by atoms with Crippen LogP contribution in [0.2, 0.25) is 0 Å². The monoisotopic (exact) mass is 277 g/mol. The van der Waals surface area contributed by atoms with E-state index in [9.17, 15) is 0 Å². The summed E-state index contributed by atoms with van der Waals surface area (Å²) in [5.74, 6) is 2.30. The lowest BCUT2D eigenvalue weighted by molar-refractivity contribution is 0.247. The molecule has 2 aromatic rings. The maximum Gasteiger partial charge on any atom is 0.253 e. The van der Waals surface area contributed by atoms with Crippen LogP contribution in [-0.2, 0) is 13.0 Å². The highest BCUT2D eigenvalue weighted by Crippen LogP contribution is 2.30. The van der Waals surface area contributed by atoms with Crippen molar-refractivity contribution in [3.8, 4) is 11.5 Å². The van der Waals surface area contributed by atoms with Gasteiger partial charge in [-0.15, -0.1) is 10.2 Å². The number of methoxy groups -OCH3 is 1. The quantitative estimate of drug-likeness (QED) is 0.871. The molecule has 1 aromatic carbocycles. The van der Waals surface area contributed by atoms with Crippen LogP contribution in [0.15, 0.2) is 22.6 Å². The van der Waals surface area contributed by atoms with Crippen molar-refractivity contribution >= 4 is 0 Å². The van der Waals surface area contributed by atoms with Crippen LogP contribution in [0.25, 0.3) is 0 Å². The Morgan fingerprint density at radius 3 is 2.60 bits per heavy atom. The van der Waals surface area contributed by atoms with E-state index in [-0.39, 0.29) is 12.6 Å². The molecule has 0 saturated carbocycles. The van der Waals surface area contributed by atoms with E-state index in [0.29, 0.717) is 29.7 Å². The Balaban J connectivity index is 2.08. The van der Waals surface area contributed by atoms with Gasteiger partial charge in [0.2, 0.25) is 5.89 Å². The van der Waals surface area contributed by atoms with Gasteiger partial charge >= 0.3 is 0 Å². The zero-order valence-corrected chi connectivity index (χ0v) is 11.9. The van der Waals surface area contributed by atoms with Crippen LogP contribution >= 0.6 is 0 Å². The summed E-state index contributed by atoms with van der Waals surface area (Å²) in [6.45, 7) is 4.08. The van der Waals surface area contributed by atoms with E-state index in [1.165, 1.54) is 0 Å². The second kappa shape index (κ2) is 6.38. The first-order valence-electron chi connectivity index (χ1n) is 6.51. The molecule has 1 heterocycles. The molecule has 2 rings (SSSR count). The maximum atomic E-state index is 5.84. The average Bonchev–Trinajstić information content (AvgIpc) is 2.92. The Kier molecular flexibility index (Phi) is 4.57. The fourth-order valence-corrected chi connectivity index (χ4v) is 1.72. The Morgan fingerprint density at radius 2 is 2.00 bits per heavy atom. The summed E-state index contributed by atoms with van der Waals surface area (Å²) < 4.78 is 16.3. The lowest BCUT2D eigenvalue weighted by Crippen LogP contribution is -2.05. The number of rotatable bonds is 6. The predicted molar refractivity (Wildman–Crippen MR) is 73.6 cm³/mol. The van der Waals surface area contributed by atoms with Gasteiger partial charge in [-0.3, -0.25) is 0 Å². The topological polar surface area (TPSA) is 83.4 Å². The van der Waals surface area contributed by atoms with Gasteiger partial charge in [-0.2, -0.15) is 0 Å². The van der Waals surface area contributed by atoms with Gasteiger partial charge < -0.3 is 19.6 Å². The summed E-state index contributed by atoms with van der Waals surface area (Å²) >= 11 is 0. The lowest BCUT2D eigenvalue weighted by Gasteiger charge is -2.12. The van der Waals surface area contributed by atoms with E-state index in [4.69, 9.17) is 19.6 Å². The smallest absolute Gasteiger partial charge is 0.253 e. The van der Waals surface area contributed by atoms with Gasteiger partial charge in [0, 0.05) is 12.5 Å². The first-order valence-corrected chi connectivity index (χ1v) is 6.51. The normalized spacial score (nSPS) is 12.2. The molecule has 0 unspecified atom stereocenters. The summed E-state index contributed by atoms with van der Waals surface area (Å²) in [5.41, 5.74) is 6.83. The molecule has 6 heteroatoms. The molecular formula is C14H19N3O3. The molecule has 2 N–H and O–H groups in total. The number of aromatic nitrogens is 2. The molecule has 20 heavy (non-hydrogen) atoms. The standard InChI is InChI=1S/C14H19N3O3/c1-4-13-16-17-14(20-13)8-19-11-6-5-10(9(2)15)7-12(11)18-3/h5-7,9H,4,8,15H2,1-3H3/t9-/m0/s1. The van der Waals surface area contributed by atoms with Gasteiger partial charge in [-0.25, -0.2) is 0 Å². The minimum Gasteiger partial charge on any atom is -0.493 e. The third kappa shape index (κ3) is 3.27. The number of hydrogen-bond donors (Lipinski definition) is 1. The van der Waals surface area contributed by atoms with Gasteiger partial charge in [0.25, 0.3) is 5.89 Å². The Labute approximate surface area is 117 Å². The van der Waals surface area contributed by atoms with E-state index in [1.807, 2.05) is 32.0 Å². The molecule has 0 aliphatic carbocycles. The SMILES string of the molecule is CCc1nnc(COc2ccc([C@H](C)N)cc2OC)o1. The van der Waals surface area contributed by atoms with Crippen molar-refractivity contribution in [3.05, 3.63) is 35.5 Å². The third-order valence-electron chi connectivity index (χ3n) is 2.88. The zero-order chi connectivity index (χ0) is 14.5. The molecule has 0 spiro atoms. The van der Waals surface area contributed by atoms with E-state index in [2.05, 4.69) is 10.2 Å². The predicted octanol–water partition coefficient (Wildman–Crippen LogP) is 2.24. The van der Waals surface area contributed by atoms with Gasteiger partial charge in [0.1, 0.15) is 0 Å². The van der Waals surface area contributed by atoms with E-state index >= 15 is 0 Å². The molecule has 0 saturated heterocycles. The molecule has 0 amide bonds. The number of benzene rings is 1. The van der Waals surface area contributed by atoms with Crippen LogP contribution in [0.4, 0.5) is 0 Å². The number of aryl methyl sites for hydroxylation is 1. The van der Waals surface area contributed by atoms with Gasteiger partial charge in [-0.05, 0) is 24.6 Å². The highest BCUT2D eigenvalue weighted by molar-refractivity contribution is 5.43. The molecule has 6 nitrogen and oxygen atoms in total. The Hall–Kier alpha value is -2.08. The number of nitrogens with zero attached hydrogens (tertiary/aromatic N) is 2. The molecule has 1 aromatic heterocycles. The lowest BCUT2D eigenvalue weighted by atomic mass is 10.1. The first-order chi connectivity index (χ1) is 9.63. The Morgan fingerprint density at radius 1 is 1.25 bits per heavy atom. The van der Waals surface area contributed by atoms with Crippen LogP contribution in [-0.4, -0.2) is 17.3 Å². The minimum absolute atomic E-state index is 0.0546. The van der Waals surface area contributed by atoms with Crippen LogP contribution in [0.1, 0.15) is 37.2 Å². The third-order valence-corrected chi connectivity index (χ3v) is 2.88. The molecule has 108 valence electrons.